The lowest BCUT2D eigenvalue weighted by Crippen LogP contribution is -2.34. The molecule has 0 atom stereocenters. The van der Waals surface area contributed by atoms with Gasteiger partial charge in [0.2, 0.25) is 0 Å². The Morgan fingerprint density at radius 2 is 1.87 bits per heavy atom. The fourth-order valence-electron chi connectivity index (χ4n) is 2.85. The summed E-state index contributed by atoms with van der Waals surface area (Å²) < 4.78 is 0. The quantitative estimate of drug-likeness (QED) is 0.607. The molecule has 1 saturated carbocycles. The largest absolute Gasteiger partial charge is 0.275 e. The van der Waals surface area contributed by atoms with Crippen LogP contribution in [0.3, 0.4) is 0 Å². The number of rotatable bonds is 0. The van der Waals surface area contributed by atoms with Crippen molar-refractivity contribution in [3.63, 3.8) is 0 Å². The van der Waals surface area contributed by atoms with E-state index in [1.54, 1.807) is 0 Å². The van der Waals surface area contributed by atoms with Gasteiger partial charge in [0.25, 0.3) is 0 Å². The third kappa shape index (κ3) is 1.60. The SMILES string of the molecule is [C]1=NC2(CCCCC2)Cc2ccccc21. The first kappa shape index (κ1) is 9.14. The highest BCUT2D eigenvalue weighted by Gasteiger charge is 2.33. The molecule has 0 bridgehead atoms. The summed E-state index contributed by atoms with van der Waals surface area (Å²) in [4.78, 5) is 4.71. The van der Waals surface area contributed by atoms with E-state index in [4.69, 9.17) is 4.99 Å². The summed E-state index contributed by atoms with van der Waals surface area (Å²) in [5.41, 5.74) is 2.86. The summed E-state index contributed by atoms with van der Waals surface area (Å²) in [6.07, 6.45) is 11.0. The van der Waals surface area contributed by atoms with Crippen LogP contribution in [0.4, 0.5) is 0 Å². The van der Waals surface area contributed by atoms with E-state index in [9.17, 15) is 0 Å². The van der Waals surface area contributed by atoms with E-state index in [0.29, 0.717) is 0 Å². The molecule has 1 aromatic carbocycles. The van der Waals surface area contributed by atoms with Gasteiger partial charge in [-0.05, 0) is 24.8 Å². The summed E-state index contributed by atoms with van der Waals surface area (Å²) in [6.45, 7) is 0. The molecule has 77 valence electrons. The van der Waals surface area contributed by atoms with E-state index in [1.807, 2.05) is 0 Å². The molecule has 1 nitrogen and oxygen atoms in total. The second-order valence-corrected chi connectivity index (χ2v) is 4.84. The van der Waals surface area contributed by atoms with Crippen LogP contribution in [0, 0.1) is 0 Å². The Balaban J connectivity index is 1.94. The summed E-state index contributed by atoms with van der Waals surface area (Å²) in [5, 5.41) is 0. The van der Waals surface area contributed by atoms with Crippen LogP contribution in [0.2, 0.25) is 0 Å². The van der Waals surface area contributed by atoms with E-state index in [1.165, 1.54) is 43.2 Å². The number of aliphatic imine (C=N–C) groups is 1. The van der Waals surface area contributed by atoms with E-state index in [0.717, 1.165) is 6.42 Å². The molecule has 1 aromatic rings. The van der Waals surface area contributed by atoms with Crippen LogP contribution in [-0.4, -0.2) is 11.8 Å². The fourth-order valence-corrected chi connectivity index (χ4v) is 2.85. The normalized spacial score (nSPS) is 22.7. The van der Waals surface area contributed by atoms with Crippen LogP contribution >= 0.6 is 0 Å². The van der Waals surface area contributed by atoms with Gasteiger partial charge in [0.1, 0.15) is 0 Å². The van der Waals surface area contributed by atoms with Gasteiger partial charge in [0.05, 0.1) is 11.8 Å². The molecule has 15 heavy (non-hydrogen) atoms. The highest BCUT2D eigenvalue weighted by Crippen LogP contribution is 2.37. The van der Waals surface area contributed by atoms with Gasteiger partial charge in [-0.2, -0.15) is 0 Å². The lowest BCUT2D eigenvalue weighted by Gasteiger charge is -2.36. The molecule has 1 aliphatic carbocycles. The third-order valence-electron chi connectivity index (χ3n) is 3.73. The predicted octanol–water partition coefficient (Wildman–Crippen LogP) is 3.24. The summed E-state index contributed by atoms with van der Waals surface area (Å²) in [7, 11) is 0. The molecule has 3 rings (SSSR count). The lowest BCUT2D eigenvalue weighted by atomic mass is 9.76. The average molecular weight is 198 g/mol. The molecular weight excluding hydrogens is 182 g/mol. The van der Waals surface area contributed by atoms with E-state index >= 15 is 0 Å². The van der Waals surface area contributed by atoms with Crippen LogP contribution in [0.15, 0.2) is 29.3 Å². The smallest absolute Gasteiger partial charge is 0.0914 e. The van der Waals surface area contributed by atoms with Crippen LogP contribution in [-0.2, 0) is 6.42 Å². The Morgan fingerprint density at radius 3 is 2.73 bits per heavy atom. The van der Waals surface area contributed by atoms with Crippen molar-refractivity contribution in [1.29, 1.82) is 0 Å². The Bertz CT molecular complexity index is 386. The highest BCUT2D eigenvalue weighted by atomic mass is 14.9. The molecule has 0 aromatic heterocycles. The molecule has 0 N–H and O–H groups in total. The van der Waals surface area contributed by atoms with Crippen LogP contribution in [0.1, 0.15) is 43.2 Å². The number of benzene rings is 1. The molecule has 1 heterocycles. The van der Waals surface area contributed by atoms with E-state index < -0.39 is 0 Å². The highest BCUT2D eigenvalue weighted by molar-refractivity contribution is 5.83. The van der Waals surface area contributed by atoms with Crippen molar-refractivity contribution in [3.05, 3.63) is 35.4 Å². The van der Waals surface area contributed by atoms with Gasteiger partial charge >= 0.3 is 0 Å². The van der Waals surface area contributed by atoms with Crippen LogP contribution in [0.5, 0.6) is 0 Å². The Labute approximate surface area is 91.2 Å². The second kappa shape index (κ2) is 3.48. The summed E-state index contributed by atoms with van der Waals surface area (Å²) in [6, 6.07) is 8.55. The Morgan fingerprint density at radius 1 is 1.07 bits per heavy atom. The minimum atomic E-state index is 0.215. The first-order chi connectivity index (χ1) is 7.38. The molecular formula is C14H16N. The summed E-state index contributed by atoms with van der Waals surface area (Å²) in [5.74, 6) is 0. The standard InChI is InChI=1S/C14H16N/c1-4-8-14(9-5-1)10-12-6-2-3-7-13(12)11-15-14/h2-3,6-7H,1,4-5,8-10H2. The third-order valence-corrected chi connectivity index (χ3v) is 3.73. The topological polar surface area (TPSA) is 12.4 Å². The maximum Gasteiger partial charge on any atom is 0.0914 e. The summed E-state index contributed by atoms with van der Waals surface area (Å²) >= 11 is 0. The van der Waals surface area contributed by atoms with Gasteiger partial charge in [-0.25, -0.2) is 0 Å². The Hall–Kier alpha value is -1.11. The number of nitrogens with zero attached hydrogens (tertiary/aromatic N) is 1. The number of hydrogen-bond donors (Lipinski definition) is 0. The zero-order chi connectivity index (χ0) is 10.1. The fraction of sp³-hybridized carbons (Fsp3) is 0.500. The van der Waals surface area contributed by atoms with Gasteiger partial charge in [-0.3, -0.25) is 4.99 Å². The Kier molecular flexibility index (Phi) is 2.12. The molecule has 1 heteroatoms. The van der Waals surface area contributed by atoms with Crippen molar-refractivity contribution in [1.82, 2.24) is 0 Å². The van der Waals surface area contributed by atoms with Gasteiger partial charge in [0.15, 0.2) is 0 Å². The van der Waals surface area contributed by atoms with Gasteiger partial charge in [-0.15, -0.1) is 0 Å². The van der Waals surface area contributed by atoms with Crippen molar-refractivity contribution in [2.75, 3.05) is 0 Å². The van der Waals surface area contributed by atoms with Gasteiger partial charge < -0.3 is 0 Å². The molecule has 1 aliphatic heterocycles. The van der Waals surface area contributed by atoms with Crippen molar-refractivity contribution < 1.29 is 0 Å². The first-order valence-electron chi connectivity index (χ1n) is 5.94. The minimum Gasteiger partial charge on any atom is -0.275 e. The van der Waals surface area contributed by atoms with Crippen molar-refractivity contribution in [2.24, 2.45) is 4.99 Å². The zero-order valence-electron chi connectivity index (χ0n) is 9.00. The average Bonchev–Trinajstić information content (AvgIpc) is 2.30. The van der Waals surface area contributed by atoms with Crippen LogP contribution < -0.4 is 0 Å². The maximum atomic E-state index is 4.71. The van der Waals surface area contributed by atoms with Crippen molar-refractivity contribution in [3.8, 4) is 0 Å². The molecule has 0 amide bonds. The monoisotopic (exact) mass is 198 g/mol. The van der Waals surface area contributed by atoms with Gasteiger partial charge in [0, 0.05) is 5.56 Å². The van der Waals surface area contributed by atoms with Crippen LogP contribution in [0.25, 0.3) is 0 Å². The van der Waals surface area contributed by atoms with E-state index in [-0.39, 0.29) is 5.54 Å². The van der Waals surface area contributed by atoms with Gasteiger partial charge in [-0.1, -0.05) is 43.5 Å². The molecule has 0 unspecified atom stereocenters. The zero-order valence-corrected chi connectivity index (χ0v) is 9.00. The molecule has 1 radical (unpaired) electrons. The predicted molar refractivity (Wildman–Crippen MR) is 62.5 cm³/mol. The van der Waals surface area contributed by atoms with Crippen molar-refractivity contribution in [2.45, 2.75) is 44.1 Å². The first-order valence-corrected chi connectivity index (χ1v) is 5.94. The molecule has 1 fully saturated rings. The maximum absolute atomic E-state index is 4.71. The lowest BCUT2D eigenvalue weighted by molar-refractivity contribution is 0.295. The molecule has 0 saturated heterocycles. The molecule has 1 spiro atoms. The number of fused-ring (bicyclic) bond motifs is 1. The molecule has 2 aliphatic rings. The van der Waals surface area contributed by atoms with E-state index in [2.05, 4.69) is 30.5 Å². The second-order valence-electron chi connectivity index (χ2n) is 4.84. The minimum absolute atomic E-state index is 0.215. The van der Waals surface area contributed by atoms with Crippen molar-refractivity contribution >= 4 is 6.21 Å². The number of hydrogen-bond acceptors (Lipinski definition) is 1.